The van der Waals surface area contributed by atoms with Crippen LogP contribution in [0.1, 0.15) is 57.8 Å². The van der Waals surface area contributed by atoms with Crippen LogP contribution in [0.15, 0.2) is 0 Å². The molecule has 3 aliphatic heterocycles. The normalized spacial score (nSPS) is 31.9. The summed E-state index contributed by atoms with van der Waals surface area (Å²) in [5.41, 5.74) is 0. The maximum absolute atomic E-state index is 2.78. The van der Waals surface area contributed by atoms with Gasteiger partial charge in [0.15, 0.2) is 0 Å². The van der Waals surface area contributed by atoms with Gasteiger partial charge in [-0.1, -0.05) is 12.8 Å². The summed E-state index contributed by atoms with van der Waals surface area (Å²) in [6, 6.07) is 0. The number of piperidine rings is 3. The lowest BCUT2D eigenvalue weighted by Crippen LogP contribution is -2.59. The standard InChI is InChI=1S/C15H29N3.ClH/c1-4-10-16(11-5-1)15-9-3-8-14-18(15)17-12-6-2-7-13-17;/h15H,1-14H2;1H. The molecular formula is C15H30ClN3. The van der Waals surface area contributed by atoms with Gasteiger partial charge in [0.1, 0.15) is 0 Å². The van der Waals surface area contributed by atoms with Gasteiger partial charge in [0.2, 0.25) is 0 Å². The van der Waals surface area contributed by atoms with Crippen LogP contribution in [0.25, 0.3) is 0 Å². The van der Waals surface area contributed by atoms with E-state index in [1.165, 1.54) is 90.5 Å². The van der Waals surface area contributed by atoms with Crippen molar-refractivity contribution < 1.29 is 0 Å². The molecule has 3 nitrogen and oxygen atoms in total. The van der Waals surface area contributed by atoms with Gasteiger partial charge < -0.3 is 0 Å². The Morgan fingerprint density at radius 3 is 1.84 bits per heavy atom. The van der Waals surface area contributed by atoms with Crippen molar-refractivity contribution in [1.29, 1.82) is 0 Å². The van der Waals surface area contributed by atoms with Crippen molar-refractivity contribution in [3.63, 3.8) is 0 Å². The summed E-state index contributed by atoms with van der Waals surface area (Å²) in [7, 11) is 0. The predicted molar refractivity (Wildman–Crippen MR) is 82.4 cm³/mol. The largest absolute Gasteiger partial charge is 0.287 e. The number of likely N-dealkylation sites (tertiary alicyclic amines) is 1. The lowest BCUT2D eigenvalue weighted by Gasteiger charge is -2.49. The van der Waals surface area contributed by atoms with Crippen LogP contribution in [0.5, 0.6) is 0 Å². The van der Waals surface area contributed by atoms with Crippen LogP contribution in [-0.2, 0) is 0 Å². The third-order valence-electron chi connectivity index (χ3n) is 4.95. The van der Waals surface area contributed by atoms with E-state index in [1.807, 2.05) is 0 Å². The topological polar surface area (TPSA) is 9.72 Å². The summed E-state index contributed by atoms with van der Waals surface area (Å²) in [5, 5.41) is 5.43. The van der Waals surface area contributed by atoms with Gasteiger partial charge in [-0.05, 0) is 58.0 Å². The van der Waals surface area contributed by atoms with E-state index in [1.54, 1.807) is 0 Å². The monoisotopic (exact) mass is 287 g/mol. The molecule has 3 fully saturated rings. The Bertz CT molecular complexity index is 224. The summed E-state index contributed by atoms with van der Waals surface area (Å²) < 4.78 is 0. The molecule has 0 aromatic rings. The average Bonchev–Trinajstić information content (AvgIpc) is 2.49. The maximum atomic E-state index is 2.78. The fraction of sp³-hybridized carbons (Fsp3) is 1.00. The molecule has 0 radical (unpaired) electrons. The van der Waals surface area contributed by atoms with E-state index >= 15 is 0 Å². The Morgan fingerprint density at radius 1 is 0.579 bits per heavy atom. The second kappa shape index (κ2) is 7.82. The Kier molecular flexibility index (Phi) is 6.40. The molecule has 3 saturated heterocycles. The third kappa shape index (κ3) is 3.84. The van der Waals surface area contributed by atoms with Crippen LogP contribution >= 0.6 is 12.4 Å². The Morgan fingerprint density at radius 2 is 1.16 bits per heavy atom. The Balaban J connectivity index is 0.00000133. The molecule has 0 aliphatic carbocycles. The van der Waals surface area contributed by atoms with E-state index in [0.717, 1.165) is 6.17 Å². The molecular weight excluding hydrogens is 258 g/mol. The van der Waals surface area contributed by atoms with E-state index in [9.17, 15) is 0 Å². The van der Waals surface area contributed by atoms with Crippen molar-refractivity contribution in [2.75, 3.05) is 32.7 Å². The van der Waals surface area contributed by atoms with Gasteiger partial charge in [-0.2, -0.15) is 0 Å². The minimum absolute atomic E-state index is 0. The van der Waals surface area contributed by atoms with Gasteiger partial charge in [-0.3, -0.25) is 4.90 Å². The zero-order valence-electron chi connectivity index (χ0n) is 12.2. The molecule has 3 aliphatic rings. The second-order valence-electron chi connectivity index (χ2n) is 6.25. The molecule has 1 unspecified atom stereocenters. The van der Waals surface area contributed by atoms with Crippen molar-refractivity contribution in [2.24, 2.45) is 0 Å². The fourth-order valence-electron chi connectivity index (χ4n) is 3.95. The highest BCUT2D eigenvalue weighted by Crippen LogP contribution is 2.26. The van der Waals surface area contributed by atoms with Crippen molar-refractivity contribution in [3.8, 4) is 0 Å². The molecule has 4 heteroatoms. The Labute approximate surface area is 124 Å². The highest BCUT2D eigenvalue weighted by atomic mass is 35.5. The molecule has 19 heavy (non-hydrogen) atoms. The van der Waals surface area contributed by atoms with Crippen LogP contribution in [0.3, 0.4) is 0 Å². The maximum Gasteiger partial charge on any atom is 0.0760 e. The molecule has 3 rings (SSSR count). The van der Waals surface area contributed by atoms with Crippen LogP contribution in [0.2, 0.25) is 0 Å². The van der Waals surface area contributed by atoms with Gasteiger partial charge in [0.05, 0.1) is 6.17 Å². The van der Waals surface area contributed by atoms with Crippen LogP contribution < -0.4 is 0 Å². The molecule has 0 amide bonds. The fourth-order valence-corrected chi connectivity index (χ4v) is 3.95. The minimum Gasteiger partial charge on any atom is -0.287 e. The smallest absolute Gasteiger partial charge is 0.0760 e. The Hall–Kier alpha value is 0.170. The van der Waals surface area contributed by atoms with Crippen molar-refractivity contribution in [3.05, 3.63) is 0 Å². The predicted octanol–water partition coefficient (Wildman–Crippen LogP) is 3.11. The van der Waals surface area contributed by atoms with E-state index in [4.69, 9.17) is 0 Å². The first-order valence-electron chi connectivity index (χ1n) is 8.21. The first-order chi connectivity index (χ1) is 8.95. The number of hydrogen-bond donors (Lipinski definition) is 0. The SMILES string of the molecule is C1CCN(C2CCCCN2N2CCCCC2)CC1.Cl. The van der Waals surface area contributed by atoms with Crippen molar-refractivity contribution >= 4 is 12.4 Å². The number of halogens is 1. The number of nitrogens with zero attached hydrogens (tertiary/aromatic N) is 3. The van der Waals surface area contributed by atoms with Crippen LogP contribution in [-0.4, -0.2) is 53.8 Å². The lowest BCUT2D eigenvalue weighted by molar-refractivity contribution is -0.141. The summed E-state index contributed by atoms with van der Waals surface area (Å²) in [6.45, 7) is 6.61. The molecule has 0 aromatic heterocycles. The quantitative estimate of drug-likeness (QED) is 0.773. The van der Waals surface area contributed by atoms with Gasteiger partial charge in [0.25, 0.3) is 0 Å². The molecule has 0 N–H and O–H groups in total. The van der Waals surface area contributed by atoms with E-state index in [-0.39, 0.29) is 12.4 Å². The lowest BCUT2D eigenvalue weighted by atomic mass is 10.0. The zero-order valence-corrected chi connectivity index (χ0v) is 13.0. The molecule has 3 heterocycles. The highest BCUT2D eigenvalue weighted by Gasteiger charge is 2.32. The number of hydrogen-bond acceptors (Lipinski definition) is 3. The minimum atomic E-state index is 0. The molecule has 1 atom stereocenters. The summed E-state index contributed by atoms with van der Waals surface area (Å²) in [4.78, 5) is 2.78. The van der Waals surface area contributed by atoms with Crippen LogP contribution in [0, 0.1) is 0 Å². The van der Waals surface area contributed by atoms with E-state index in [0.29, 0.717) is 0 Å². The van der Waals surface area contributed by atoms with Crippen molar-refractivity contribution in [1.82, 2.24) is 14.9 Å². The third-order valence-corrected chi connectivity index (χ3v) is 4.95. The first-order valence-corrected chi connectivity index (χ1v) is 8.21. The second-order valence-corrected chi connectivity index (χ2v) is 6.25. The van der Waals surface area contributed by atoms with Crippen molar-refractivity contribution in [2.45, 2.75) is 64.0 Å². The van der Waals surface area contributed by atoms with Gasteiger partial charge in [-0.25, -0.2) is 10.0 Å². The number of hydrazine groups is 1. The summed E-state index contributed by atoms with van der Waals surface area (Å²) in [6.07, 6.45) is 13.5. The number of rotatable bonds is 2. The first kappa shape index (κ1) is 15.6. The van der Waals surface area contributed by atoms with E-state index < -0.39 is 0 Å². The average molecular weight is 288 g/mol. The van der Waals surface area contributed by atoms with Gasteiger partial charge >= 0.3 is 0 Å². The van der Waals surface area contributed by atoms with Gasteiger partial charge in [0, 0.05) is 19.6 Å². The molecule has 112 valence electrons. The van der Waals surface area contributed by atoms with Gasteiger partial charge in [-0.15, -0.1) is 12.4 Å². The summed E-state index contributed by atoms with van der Waals surface area (Å²) >= 11 is 0. The molecule has 0 bridgehead atoms. The molecule has 0 saturated carbocycles. The molecule has 0 aromatic carbocycles. The summed E-state index contributed by atoms with van der Waals surface area (Å²) in [5.74, 6) is 0. The zero-order chi connectivity index (χ0) is 12.2. The molecule has 0 spiro atoms. The van der Waals surface area contributed by atoms with E-state index in [2.05, 4.69) is 14.9 Å². The highest BCUT2D eigenvalue weighted by molar-refractivity contribution is 5.85. The van der Waals surface area contributed by atoms with Crippen LogP contribution in [0.4, 0.5) is 0 Å².